The summed E-state index contributed by atoms with van der Waals surface area (Å²) in [5, 5.41) is 6.29. The van der Waals surface area contributed by atoms with Crippen LogP contribution in [-0.4, -0.2) is 81.2 Å². The minimum atomic E-state index is -3.74. The van der Waals surface area contributed by atoms with Crippen molar-refractivity contribution in [3.8, 4) is 0 Å². The van der Waals surface area contributed by atoms with Gasteiger partial charge in [-0.1, -0.05) is 43.7 Å². The number of sulfonamides is 1. The minimum Gasteiger partial charge on any atom is -0.354 e. The normalized spacial score (nSPS) is 16.8. The SMILES string of the molecule is CCCCN(C)S(=O)(=O)c1ccc2c(c1)/C(=C(/Nc1ccc(C(=O)N3CCN(C)CC3)cc1)c1ccccc1)C(=O)N2. The van der Waals surface area contributed by atoms with Crippen molar-refractivity contribution >= 4 is 44.5 Å². The molecule has 3 aromatic carbocycles. The first kappa shape index (κ1) is 29.5. The summed E-state index contributed by atoms with van der Waals surface area (Å²) in [6.07, 6.45) is 1.64. The largest absolute Gasteiger partial charge is 0.354 e. The third-order valence-electron chi connectivity index (χ3n) is 7.77. The van der Waals surface area contributed by atoms with E-state index in [9.17, 15) is 18.0 Å². The van der Waals surface area contributed by atoms with Crippen LogP contribution < -0.4 is 10.6 Å². The quantitative estimate of drug-likeness (QED) is 0.360. The minimum absolute atomic E-state index is 0.00183. The molecule has 0 bridgehead atoms. The van der Waals surface area contributed by atoms with E-state index in [0.717, 1.165) is 31.5 Å². The van der Waals surface area contributed by atoms with Crippen LogP contribution in [0.2, 0.25) is 0 Å². The molecule has 3 aromatic rings. The lowest BCUT2D eigenvalue weighted by atomic mass is 10.00. The monoisotopic (exact) mass is 587 g/mol. The van der Waals surface area contributed by atoms with Crippen molar-refractivity contribution in [2.75, 3.05) is 57.5 Å². The molecular weight excluding hydrogens is 550 g/mol. The molecule has 5 rings (SSSR count). The number of unbranched alkanes of at least 4 members (excludes halogenated alkanes) is 1. The van der Waals surface area contributed by atoms with Gasteiger partial charge in [-0.3, -0.25) is 9.59 Å². The van der Waals surface area contributed by atoms with E-state index in [-0.39, 0.29) is 16.7 Å². The Bertz CT molecular complexity index is 1600. The third kappa shape index (κ3) is 6.11. The van der Waals surface area contributed by atoms with Crippen LogP contribution in [0.5, 0.6) is 0 Å². The fourth-order valence-corrected chi connectivity index (χ4v) is 6.39. The lowest BCUT2D eigenvalue weighted by Crippen LogP contribution is -2.47. The number of benzene rings is 3. The molecular formula is C32H37N5O4S. The number of fused-ring (bicyclic) bond motifs is 1. The standard InChI is InChI=1S/C32H37N5O4S/c1-4-5-17-36(3)42(40,41)26-15-16-28-27(22-26)29(31(38)34-28)30(23-9-7-6-8-10-23)33-25-13-11-24(12-14-25)32(39)37-20-18-35(2)19-21-37/h6-16,22,33H,4-5,17-21H2,1-3H3,(H,34,38)/b30-29-. The number of rotatable bonds is 9. The molecule has 2 amide bonds. The summed E-state index contributed by atoms with van der Waals surface area (Å²) in [5.41, 5.74) is 4.01. The summed E-state index contributed by atoms with van der Waals surface area (Å²) in [5.74, 6) is -0.329. The highest BCUT2D eigenvalue weighted by atomic mass is 32.2. The summed E-state index contributed by atoms with van der Waals surface area (Å²) < 4.78 is 28.0. The topological polar surface area (TPSA) is 102 Å². The lowest BCUT2D eigenvalue weighted by Gasteiger charge is -2.32. The number of anilines is 2. The second-order valence-corrected chi connectivity index (χ2v) is 12.8. The predicted molar refractivity (Wildman–Crippen MR) is 167 cm³/mol. The summed E-state index contributed by atoms with van der Waals surface area (Å²) >= 11 is 0. The predicted octanol–water partition coefficient (Wildman–Crippen LogP) is 4.43. The highest BCUT2D eigenvalue weighted by Crippen LogP contribution is 2.39. The van der Waals surface area contributed by atoms with Gasteiger partial charge in [0, 0.05) is 62.3 Å². The average Bonchev–Trinajstić information content (AvgIpc) is 3.34. The number of nitrogens with one attached hydrogen (secondary N) is 2. The fraction of sp³-hybridized carbons (Fsp3) is 0.312. The van der Waals surface area contributed by atoms with Crippen molar-refractivity contribution in [3.05, 3.63) is 89.5 Å². The maximum atomic E-state index is 13.4. The molecule has 0 saturated carbocycles. The van der Waals surface area contributed by atoms with Crippen LogP contribution in [0.3, 0.4) is 0 Å². The van der Waals surface area contributed by atoms with Gasteiger partial charge in [0.15, 0.2) is 0 Å². The van der Waals surface area contributed by atoms with Crippen LogP contribution in [0.25, 0.3) is 11.3 Å². The van der Waals surface area contributed by atoms with Crippen LogP contribution in [0.15, 0.2) is 77.7 Å². The molecule has 2 heterocycles. The first-order chi connectivity index (χ1) is 20.2. The Labute approximate surface area is 247 Å². The molecule has 10 heteroatoms. The van der Waals surface area contributed by atoms with E-state index in [1.165, 1.54) is 10.4 Å². The van der Waals surface area contributed by atoms with Gasteiger partial charge in [-0.2, -0.15) is 0 Å². The fourth-order valence-electron chi connectivity index (χ4n) is 5.15. The van der Waals surface area contributed by atoms with E-state index in [1.54, 1.807) is 31.3 Å². The summed E-state index contributed by atoms with van der Waals surface area (Å²) in [6.45, 7) is 5.52. The zero-order valence-electron chi connectivity index (χ0n) is 24.3. The molecule has 1 saturated heterocycles. The lowest BCUT2D eigenvalue weighted by molar-refractivity contribution is -0.110. The van der Waals surface area contributed by atoms with E-state index in [1.807, 2.05) is 54.3 Å². The molecule has 0 unspecified atom stereocenters. The van der Waals surface area contributed by atoms with Gasteiger partial charge in [0.05, 0.1) is 16.2 Å². The Morgan fingerprint density at radius 3 is 2.31 bits per heavy atom. The highest BCUT2D eigenvalue weighted by Gasteiger charge is 2.31. The van der Waals surface area contributed by atoms with E-state index < -0.39 is 10.0 Å². The first-order valence-corrected chi connectivity index (χ1v) is 15.7. The van der Waals surface area contributed by atoms with Crippen LogP contribution in [0.1, 0.15) is 41.3 Å². The summed E-state index contributed by atoms with van der Waals surface area (Å²) in [7, 11) is -0.107. The second kappa shape index (κ2) is 12.5. The van der Waals surface area contributed by atoms with Gasteiger partial charge in [0.25, 0.3) is 11.8 Å². The van der Waals surface area contributed by atoms with E-state index in [4.69, 9.17) is 0 Å². The van der Waals surface area contributed by atoms with Crippen LogP contribution in [0.4, 0.5) is 11.4 Å². The van der Waals surface area contributed by atoms with Gasteiger partial charge in [-0.15, -0.1) is 0 Å². The third-order valence-corrected chi connectivity index (χ3v) is 9.63. The molecule has 2 N–H and O–H groups in total. The van der Waals surface area contributed by atoms with Gasteiger partial charge in [0.1, 0.15) is 0 Å². The molecule has 0 atom stereocenters. The van der Waals surface area contributed by atoms with Crippen molar-refractivity contribution < 1.29 is 18.0 Å². The Kier molecular flexibility index (Phi) is 8.77. The number of piperazine rings is 1. The van der Waals surface area contributed by atoms with E-state index in [2.05, 4.69) is 22.6 Å². The van der Waals surface area contributed by atoms with Crippen LogP contribution in [-0.2, 0) is 14.8 Å². The van der Waals surface area contributed by atoms with Crippen molar-refractivity contribution in [1.82, 2.24) is 14.1 Å². The molecule has 0 spiro atoms. The number of carbonyl (C=O) groups excluding carboxylic acids is 2. The molecule has 2 aliphatic rings. The summed E-state index contributed by atoms with van der Waals surface area (Å²) in [4.78, 5) is 30.6. The maximum absolute atomic E-state index is 13.4. The molecule has 0 aromatic heterocycles. The Morgan fingerprint density at radius 2 is 1.64 bits per heavy atom. The van der Waals surface area contributed by atoms with Crippen LogP contribution >= 0.6 is 0 Å². The molecule has 0 aliphatic carbocycles. The van der Waals surface area contributed by atoms with Gasteiger partial charge in [-0.05, 0) is 61.5 Å². The number of hydrogen-bond donors (Lipinski definition) is 2. The van der Waals surface area contributed by atoms with Crippen molar-refractivity contribution in [2.24, 2.45) is 0 Å². The number of amides is 2. The smallest absolute Gasteiger partial charge is 0.258 e. The van der Waals surface area contributed by atoms with Crippen molar-refractivity contribution in [1.29, 1.82) is 0 Å². The molecule has 1 fully saturated rings. The zero-order chi connectivity index (χ0) is 29.9. The molecule has 2 aliphatic heterocycles. The first-order valence-electron chi connectivity index (χ1n) is 14.3. The molecule has 42 heavy (non-hydrogen) atoms. The Morgan fingerprint density at radius 1 is 0.952 bits per heavy atom. The van der Waals surface area contributed by atoms with Crippen LogP contribution in [0, 0.1) is 0 Å². The van der Waals surface area contributed by atoms with Crippen molar-refractivity contribution in [3.63, 3.8) is 0 Å². The second-order valence-electron chi connectivity index (χ2n) is 10.8. The number of likely N-dealkylation sites (N-methyl/N-ethyl adjacent to an activating group) is 1. The zero-order valence-corrected chi connectivity index (χ0v) is 25.1. The van der Waals surface area contributed by atoms with E-state index in [0.29, 0.717) is 53.4 Å². The molecule has 0 radical (unpaired) electrons. The van der Waals surface area contributed by atoms with Gasteiger partial charge < -0.3 is 20.4 Å². The number of carbonyl (C=O) groups is 2. The molecule has 9 nitrogen and oxygen atoms in total. The number of nitrogens with zero attached hydrogens (tertiary/aromatic N) is 3. The Hall–Kier alpha value is -3.99. The number of hydrogen-bond acceptors (Lipinski definition) is 6. The summed E-state index contributed by atoms with van der Waals surface area (Å²) in [6, 6.07) is 21.4. The average molecular weight is 588 g/mol. The van der Waals surface area contributed by atoms with Crippen molar-refractivity contribution in [2.45, 2.75) is 24.7 Å². The Balaban J connectivity index is 1.50. The van der Waals surface area contributed by atoms with Gasteiger partial charge >= 0.3 is 0 Å². The highest BCUT2D eigenvalue weighted by molar-refractivity contribution is 7.89. The van der Waals surface area contributed by atoms with E-state index >= 15 is 0 Å². The molecule has 220 valence electrons. The van der Waals surface area contributed by atoms with Gasteiger partial charge in [-0.25, -0.2) is 12.7 Å². The van der Waals surface area contributed by atoms with Gasteiger partial charge in [0.2, 0.25) is 10.0 Å². The maximum Gasteiger partial charge on any atom is 0.258 e.